The van der Waals surface area contributed by atoms with Crippen molar-refractivity contribution in [3.63, 3.8) is 0 Å². The molecule has 0 fully saturated rings. The van der Waals surface area contributed by atoms with Gasteiger partial charge in [-0.25, -0.2) is 0 Å². The monoisotopic (exact) mass is 588 g/mol. The summed E-state index contributed by atoms with van der Waals surface area (Å²) in [6.07, 6.45) is 0. The van der Waals surface area contributed by atoms with Crippen LogP contribution in [0.4, 0.5) is 0 Å². The normalized spacial score (nSPS) is 15.0. The van der Waals surface area contributed by atoms with Crippen LogP contribution in [0, 0.1) is 0 Å². The van der Waals surface area contributed by atoms with E-state index in [2.05, 4.69) is 138 Å². The topological polar surface area (TPSA) is 9.86 Å². The lowest BCUT2D eigenvalue weighted by Crippen LogP contribution is -2.56. The first kappa shape index (κ1) is 23.3. The van der Waals surface area contributed by atoms with Gasteiger partial charge >= 0.3 is 6.85 Å². The summed E-state index contributed by atoms with van der Waals surface area (Å²) in [5.74, 6) is 0. The maximum absolute atomic E-state index is 2.78. The van der Waals surface area contributed by atoms with Gasteiger partial charge in [-0.1, -0.05) is 117 Å². The van der Waals surface area contributed by atoms with Gasteiger partial charge in [0.15, 0.2) is 0 Å². The number of fused-ring (bicyclic) bond motifs is 16. The van der Waals surface area contributed by atoms with Crippen LogP contribution in [-0.4, -0.2) is 15.9 Å². The molecule has 5 heterocycles. The summed E-state index contributed by atoms with van der Waals surface area (Å²) in [5.41, 5.74) is 16.6. The Balaban J connectivity index is 1.37. The summed E-state index contributed by atoms with van der Waals surface area (Å²) < 4.78 is 8.15. The van der Waals surface area contributed by atoms with Crippen LogP contribution in [0.2, 0.25) is 0 Å². The zero-order valence-corrected chi connectivity index (χ0v) is 25.7. The first-order valence-corrected chi connectivity index (χ1v) is 16.7. The van der Waals surface area contributed by atoms with Gasteiger partial charge < -0.3 is 9.05 Å². The van der Waals surface area contributed by atoms with Crippen molar-refractivity contribution in [2.75, 3.05) is 0 Å². The Labute approximate surface area is 263 Å². The average molecular weight is 589 g/mol. The molecule has 9 aromatic rings. The first-order valence-electron chi connectivity index (χ1n) is 15.9. The summed E-state index contributed by atoms with van der Waals surface area (Å²) in [7, 11) is 0. The molecular formula is C41H25BN2S. The van der Waals surface area contributed by atoms with E-state index in [9.17, 15) is 0 Å². The molecule has 2 aliphatic heterocycles. The number of rotatable bonds is 0. The van der Waals surface area contributed by atoms with Crippen molar-refractivity contribution in [1.29, 1.82) is 0 Å². The Morgan fingerprint density at radius 2 is 1.36 bits per heavy atom. The molecule has 3 aromatic heterocycles. The van der Waals surface area contributed by atoms with Crippen LogP contribution in [-0.2, 0) is 5.41 Å². The molecular weight excluding hydrogens is 563 g/mol. The van der Waals surface area contributed by atoms with Crippen molar-refractivity contribution in [1.82, 2.24) is 9.05 Å². The van der Waals surface area contributed by atoms with Gasteiger partial charge in [-0.15, -0.1) is 11.3 Å². The summed E-state index contributed by atoms with van der Waals surface area (Å²) in [6.45, 7) is 4.95. The standard InChI is InChI=1S/C41H25BN2S/c1-41(2)29-18-7-5-13-24(29)34-27-16-9-15-26-33-23-12-4-3-11-22(23)21-31-35(33)42(44(36(26)27)40(34)41)30-19-10-17-28-37(30)43(31)38-25-14-6-8-20-32(25)45-39(28)38/h3-21H,1-2H3. The second-order valence-electron chi connectivity index (χ2n) is 13.6. The van der Waals surface area contributed by atoms with Crippen LogP contribution in [0.5, 0.6) is 0 Å². The van der Waals surface area contributed by atoms with Gasteiger partial charge in [0.1, 0.15) is 0 Å². The van der Waals surface area contributed by atoms with Crippen molar-refractivity contribution in [3.05, 3.63) is 127 Å². The fraction of sp³-hybridized carbons (Fsp3) is 0.0732. The zero-order valence-electron chi connectivity index (χ0n) is 24.8. The molecule has 4 heteroatoms. The van der Waals surface area contributed by atoms with Crippen molar-refractivity contribution in [2.24, 2.45) is 0 Å². The molecule has 1 aliphatic carbocycles. The molecule has 12 rings (SSSR count). The van der Waals surface area contributed by atoms with E-state index in [1.807, 2.05) is 11.3 Å². The highest BCUT2D eigenvalue weighted by Gasteiger charge is 2.48. The Hall–Kier alpha value is -5.06. The second-order valence-corrected chi connectivity index (χ2v) is 14.7. The molecule has 0 unspecified atom stereocenters. The smallest absolute Gasteiger partial charge is 0.332 e. The molecule has 0 bridgehead atoms. The van der Waals surface area contributed by atoms with Crippen LogP contribution in [0.25, 0.3) is 80.8 Å². The predicted molar refractivity (Wildman–Crippen MR) is 193 cm³/mol. The lowest BCUT2D eigenvalue weighted by Gasteiger charge is -2.37. The number of aromatic nitrogens is 2. The number of hydrogen-bond donors (Lipinski definition) is 0. The molecule has 208 valence electrons. The zero-order chi connectivity index (χ0) is 29.3. The number of thiophene rings is 1. The van der Waals surface area contributed by atoms with E-state index in [0.29, 0.717) is 0 Å². The summed E-state index contributed by atoms with van der Waals surface area (Å²) in [6, 6.07) is 43.7. The Morgan fingerprint density at radius 3 is 2.29 bits per heavy atom. The van der Waals surface area contributed by atoms with Gasteiger partial charge in [0.05, 0.1) is 15.7 Å². The molecule has 0 N–H and O–H groups in total. The van der Waals surface area contributed by atoms with Crippen LogP contribution in [0.15, 0.2) is 115 Å². The van der Waals surface area contributed by atoms with Gasteiger partial charge in [-0.05, 0) is 50.5 Å². The Kier molecular flexibility index (Phi) is 3.85. The maximum Gasteiger partial charge on any atom is 0.332 e. The lowest BCUT2D eigenvalue weighted by atomic mass is 9.45. The van der Waals surface area contributed by atoms with Crippen LogP contribution in [0.1, 0.15) is 25.1 Å². The average Bonchev–Trinajstić information content (AvgIpc) is 3.78. The summed E-state index contributed by atoms with van der Waals surface area (Å²) >= 11 is 1.94. The third-order valence-electron chi connectivity index (χ3n) is 11.2. The molecule has 0 radical (unpaired) electrons. The first-order chi connectivity index (χ1) is 22.1. The van der Waals surface area contributed by atoms with Crippen molar-refractivity contribution < 1.29 is 0 Å². The number of hydrogen-bond acceptors (Lipinski definition) is 1. The lowest BCUT2D eigenvalue weighted by molar-refractivity contribution is 0.632. The third-order valence-corrected chi connectivity index (χ3v) is 12.4. The Bertz CT molecular complexity index is 2860. The molecule has 0 spiro atoms. The van der Waals surface area contributed by atoms with E-state index in [4.69, 9.17) is 0 Å². The highest BCUT2D eigenvalue weighted by atomic mass is 32.1. The quantitative estimate of drug-likeness (QED) is 0.156. The minimum absolute atomic E-state index is 0.0841. The fourth-order valence-corrected chi connectivity index (χ4v) is 10.8. The van der Waals surface area contributed by atoms with Crippen molar-refractivity contribution in [2.45, 2.75) is 19.3 Å². The molecule has 0 saturated heterocycles. The van der Waals surface area contributed by atoms with Gasteiger partial charge in [0, 0.05) is 54.3 Å². The second kappa shape index (κ2) is 7.42. The van der Waals surface area contributed by atoms with Crippen molar-refractivity contribution in [3.8, 4) is 27.9 Å². The van der Waals surface area contributed by atoms with Crippen molar-refractivity contribution >= 4 is 82.0 Å². The minimum Gasteiger partial charge on any atom is -0.378 e. The highest BCUT2D eigenvalue weighted by molar-refractivity contribution is 7.26. The van der Waals surface area contributed by atoms with Gasteiger partial charge in [-0.3, -0.25) is 0 Å². The number of para-hydroxylation sites is 2. The molecule has 2 nitrogen and oxygen atoms in total. The highest BCUT2D eigenvalue weighted by Crippen LogP contribution is 2.56. The molecule has 45 heavy (non-hydrogen) atoms. The molecule has 0 atom stereocenters. The molecule has 3 aliphatic rings. The largest absolute Gasteiger partial charge is 0.378 e. The van der Waals surface area contributed by atoms with Crippen LogP contribution in [0.3, 0.4) is 0 Å². The maximum atomic E-state index is 2.78. The number of nitrogens with zero attached hydrogens (tertiary/aromatic N) is 2. The fourth-order valence-electron chi connectivity index (χ4n) is 9.61. The van der Waals surface area contributed by atoms with E-state index in [0.717, 1.165) is 0 Å². The minimum atomic E-state index is -0.124. The Morgan fingerprint density at radius 1 is 0.622 bits per heavy atom. The van der Waals surface area contributed by atoms with Crippen LogP contribution < -0.4 is 10.9 Å². The van der Waals surface area contributed by atoms with Gasteiger partial charge in [0.25, 0.3) is 0 Å². The SMILES string of the molecule is CC1(C)c2ccccc2-c2c1n1c3c(cccc23)-c2c3c(cc4ccccc24)-n2c4c(cccc4c4sc5ccccc5c42)B31. The van der Waals surface area contributed by atoms with Gasteiger partial charge in [-0.2, -0.15) is 0 Å². The number of benzene rings is 6. The third kappa shape index (κ3) is 2.43. The summed E-state index contributed by atoms with van der Waals surface area (Å²) in [4.78, 5) is 0. The van der Waals surface area contributed by atoms with E-state index in [-0.39, 0.29) is 12.3 Å². The van der Waals surface area contributed by atoms with E-state index in [1.165, 1.54) is 103 Å². The predicted octanol–water partition coefficient (Wildman–Crippen LogP) is 9.36. The molecule has 0 saturated carbocycles. The van der Waals surface area contributed by atoms with Crippen LogP contribution >= 0.6 is 11.3 Å². The summed E-state index contributed by atoms with van der Waals surface area (Å²) in [5, 5.41) is 6.73. The van der Waals surface area contributed by atoms with E-state index in [1.54, 1.807) is 0 Å². The molecule has 6 aromatic carbocycles. The van der Waals surface area contributed by atoms with E-state index >= 15 is 0 Å². The molecule has 0 amide bonds. The van der Waals surface area contributed by atoms with Gasteiger partial charge in [0.2, 0.25) is 0 Å². The van der Waals surface area contributed by atoms with E-state index < -0.39 is 0 Å².